The van der Waals surface area contributed by atoms with Gasteiger partial charge in [0.25, 0.3) is 0 Å². The van der Waals surface area contributed by atoms with Crippen LogP contribution >= 0.6 is 0 Å². The maximum absolute atomic E-state index is 14.2. The van der Waals surface area contributed by atoms with Gasteiger partial charge in [0.15, 0.2) is 0 Å². The molecular weight excluding hydrogens is 535 g/mol. The molecule has 0 spiro atoms. The molecule has 1 saturated carbocycles. The summed E-state index contributed by atoms with van der Waals surface area (Å²) in [6.45, 7) is 5.51. The van der Waals surface area contributed by atoms with Crippen LogP contribution < -0.4 is 4.90 Å². The molecule has 1 saturated heterocycles. The zero-order chi connectivity index (χ0) is 30.1. The van der Waals surface area contributed by atoms with Crippen LogP contribution in [0.3, 0.4) is 0 Å². The lowest BCUT2D eigenvalue weighted by Gasteiger charge is -2.35. The minimum Gasteiger partial charge on any atom is -0.480 e. The van der Waals surface area contributed by atoms with Gasteiger partial charge in [-0.1, -0.05) is 70.4 Å². The Kier molecular flexibility index (Phi) is 9.01. The van der Waals surface area contributed by atoms with Crippen molar-refractivity contribution in [2.45, 2.75) is 83.8 Å². The molecule has 4 atom stereocenters. The molecule has 0 bridgehead atoms. The van der Waals surface area contributed by atoms with Crippen molar-refractivity contribution in [2.24, 2.45) is 17.3 Å². The van der Waals surface area contributed by atoms with Crippen molar-refractivity contribution in [2.75, 3.05) is 19.0 Å². The fourth-order valence-corrected chi connectivity index (χ4v) is 6.50. The quantitative estimate of drug-likeness (QED) is 0.416. The van der Waals surface area contributed by atoms with E-state index in [1.807, 2.05) is 51.1 Å². The number of aliphatic carboxylic acids is 1. The van der Waals surface area contributed by atoms with Crippen LogP contribution in [0.2, 0.25) is 0 Å². The van der Waals surface area contributed by atoms with E-state index in [2.05, 4.69) is 4.98 Å². The predicted octanol–water partition coefficient (Wildman–Crippen LogP) is 6.33. The molecule has 224 valence electrons. The van der Waals surface area contributed by atoms with Crippen molar-refractivity contribution >= 4 is 17.7 Å². The van der Waals surface area contributed by atoms with Crippen molar-refractivity contribution in [1.82, 2.24) is 9.88 Å². The number of hydrogen-bond acceptors (Lipinski definition) is 5. The van der Waals surface area contributed by atoms with Crippen LogP contribution in [-0.2, 0) is 27.1 Å². The average Bonchev–Trinajstić information content (AvgIpc) is 3.28. The number of carbonyl (C=O) groups excluding carboxylic acids is 1. The summed E-state index contributed by atoms with van der Waals surface area (Å²) in [5.74, 6) is -1.90. The van der Waals surface area contributed by atoms with Crippen LogP contribution in [0.4, 0.5) is 19.0 Å². The summed E-state index contributed by atoms with van der Waals surface area (Å²) < 4.78 is 47.3. The summed E-state index contributed by atoms with van der Waals surface area (Å²) in [5.41, 5.74) is -0.542. The number of halogens is 3. The number of alkyl halides is 3. The monoisotopic (exact) mass is 575 g/mol. The Labute approximate surface area is 239 Å². The maximum atomic E-state index is 14.2. The van der Waals surface area contributed by atoms with Gasteiger partial charge in [-0.15, -0.1) is 0 Å². The number of carboxylic acid groups (broad SMARTS) is 1. The highest BCUT2D eigenvalue weighted by atomic mass is 19.4. The number of rotatable bonds is 7. The second-order valence-electron chi connectivity index (χ2n) is 12.5. The third-order valence-corrected chi connectivity index (χ3v) is 8.33. The predicted molar refractivity (Wildman–Crippen MR) is 149 cm³/mol. The molecule has 10 heteroatoms. The van der Waals surface area contributed by atoms with E-state index < -0.39 is 47.2 Å². The first kappa shape index (κ1) is 30.8. The molecule has 4 rings (SSSR count). The number of amides is 1. The number of hydrogen-bond donors (Lipinski definition) is 1. The normalized spacial score (nSPS) is 24.0. The number of benzene rings is 1. The first-order chi connectivity index (χ1) is 19.2. The van der Waals surface area contributed by atoms with Crippen molar-refractivity contribution < 1.29 is 32.6 Å². The van der Waals surface area contributed by atoms with Crippen LogP contribution in [0.1, 0.15) is 75.6 Å². The summed E-state index contributed by atoms with van der Waals surface area (Å²) in [4.78, 5) is 34.3. The summed E-state index contributed by atoms with van der Waals surface area (Å²) in [6.07, 6.45) is -0.303. The van der Waals surface area contributed by atoms with E-state index in [9.17, 15) is 27.9 Å². The van der Waals surface area contributed by atoms with Gasteiger partial charge in [0.1, 0.15) is 11.9 Å². The van der Waals surface area contributed by atoms with Crippen molar-refractivity contribution in [1.29, 1.82) is 0 Å². The van der Waals surface area contributed by atoms with Gasteiger partial charge in [-0.25, -0.2) is 9.78 Å². The maximum Gasteiger partial charge on any atom is 0.417 e. The lowest BCUT2D eigenvalue weighted by atomic mass is 9.73. The number of likely N-dealkylation sites (tertiary alicyclic amines) is 1. The van der Waals surface area contributed by atoms with Crippen molar-refractivity contribution in [3.8, 4) is 0 Å². The van der Waals surface area contributed by atoms with Crippen LogP contribution in [0, 0.1) is 17.3 Å². The Morgan fingerprint density at radius 3 is 2.24 bits per heavy atom. The number of carbonyl (C=O) groups is 2. The van der Waals surface area contributed by atoms with Crippen LogP contribution in [-0.4, -0.2) is 53.1 Å². The van der Waals surface area contributed by atoms with E-state index in [1.165, 1.54) is 4.90 Å². The van der Waals surface area contributed by atoms with Gasteiger partial charge in [0.05, 0.1) is 24.3 Å². The highest BCUT2D eigenvalue weighted by Gasteiger charge is 2.59. The molecule has 1 aliphatic carbocycles. The summed E-state index contributed by atoms with van der Waals surface area (Å²) in [5, 5.41) is 10.6. The second kappa shape index (κ2) is 12.0. The minimum absolute atomic E-state index is 0.194. The van der Waals surface area contributed by atoms with Gasteiger partial charge < -0.3 is 19.6 Å². The number of aromatic nitrogens is 1. The van der Waals surface area contributed by atoms with E-state index in [0.717, 1.165) is 37.1 Å². The van der Waals surface area contributed by atoms with E-state index in [1.54, 1.807) is 19.0 Å². The molecule has 1 aliphatic heterocycles. The Morgan fingerprint density at radius 2 is 1.71 bits per heavy atom. The molecule has 0 radical (unpaired) electrons. The second-order valence-corrected chi connectivity index (χ2v) is 12.5. The number of pyridine rings is 1. The Balaban J connectivity index is 1.82. The van der Waals surface area contributed by atoms with Gasteiger partial charge in [-0.05, 0) is 29.9 Å². The zero-order valence-electron chi connectivity index (χ0n) is 24.3. The third-order valence-electron chi connectivity index (χ3n) is 8.33. The SMILES string of the molecule is CN(C)c1ncc(C(F)(F)F)cc1COC1C(c2ccccc2)N(C(=O)C2CCCCC2)C(C(=O)O)C1C(C)(C)C. The smallest absolute Gasteiger partial charge is 0.417 e. The number of anilines is 1. The number of nitrogens with zero attached hydrogens (tertiary/aromatic N) is 3. The van der Waals surface area contributed by atoms with Gasteiger partial charge in [0.2, 0.25) is 5.91 Å². The lowest BCUT2D eigenvalue weighted by molar-refractivity contribution is -0.154. The largest absolute Gasteiger partial charge is 0.480 e. The van der Waals surface area contributed by atoms with Crippen LogP contribution in [0.5, 0.6) is 0 Å². The van der Waals surface area contributed by atoms with E-state index in [4.69, 9.17) is 4.74 Å². The van der Waals surface area contributed by atoms with Gasteiger partial charge in [0, 0.05) is 37.7 Å². The van der Waals surface area contributed by atoms with Crippen molar-refractivity contribution in [3.05, 3.63) is 59.3 Å². The first-order valence-corrected chi connectivity index (χ1v) is 14.2. The fourth-order valence-electron chi connectivity index (χ4n) is 6.50. The van der Waals surface area contributed by atoms with E-state index >= 15 is 0 Å². The standard InChI is InChI=1S/C31H40F3N3O4/c1-30(2,3)23-25(29(39)40)37(28(38)20-14-10-7-11-15-20)24(19-12-8-6-9-13-19)26(23)41-18-21-16-22(31(32,33)34)17-35-27(21)36(4)5/h6,8-9,12-13,16-17,20,23-26H,7,10-11,14-15,18H2,1-5H3,(H,39,40). The molecule has 4 unspecified atom stereocenters. The number of carboxylic acids is 1. The Morgan fingerprint density at radius 1 is 1.07 bits per heavy atom. The first-order valence-electron chi connectivity index (χ1n) is 14.2. The van der Waals surface area contributed by atoms with E-state index in [-0.39, 0.29) is 24.0 Å². The lowest BCUT2D eigenvalue weighted by Crippen LogP contribution is -2.49. The molecule has 7 nitrogen and oxygen atoms in total. The summed E-state index contributed by atoms with van der Waals surface area (Å²) >= 11 is 0. The topological polar surface area (TPSA) is 83.0 Å². The highest BCUT2D eigenvalue weighted by Crippen LogP contribution is 2.51. The molecule has 1 aromatic carbocycles. The Bertz CT molecular complexity index is 1220. The zero-order valence-corrected chi connectivity index (χ0v) is 24.3. The van der Waals surface area contributed by atoms with Gasteiger partial charge in [-0.2, -0.15) is 13.2 Å². The van der Waals surface area contributed by atoms with Crippen LogP contribution in [0.15, 0.2) is 42.6 Å². The molecule has 2 aliphatic rings. The van der Waals surface area contributed by atoms with Gasteiger partial charge >= 0.3 is 12.1 Å². The molecule has 2 heterocycles. The van der Waals surface area contributed by atoms with Crippen LogP contribution in [0.25, 0.3) is 0 Å². The van der Waals surface area contributed by atoms with Gasteiger partial charge in [-0.3, -0.25) is 4.79 Å². The molecule has 2 fully saturated rings. The number of ether oxygens (including phenoxy) is 1. The molecule has 1 N–H and O–H groups in total. The highest BCUT2D eigenvalue weighted by molar-refractivity contribution is 5.87. The fraction of sp³-hybridized carbons (Fsp3) is 0.581. The van der Waals surface area contributed by atoms with Crippen molar-refractivity contribution in [3.63, 3.8) is 0 Å². The molecule has 1 amide bonds. The molecule has 41 heavy (non-hydrogen) atoms. The average molecular weight is 576 g/mol. The summed E-state index contributed by atoms with van der Waals surface area (Å²) in [7, 11) is 3.37. The third kappa shape index (κ3) is 6.52. The minimum atomic E-state index is -4.59. The molecule has 2 aromatic rings. The van der Waals surface area contributed by atoms with E-state index in [0.29, 0.717) is 18.7 Å². The molecular formula is C31H40F3N3O4. The summed E-state index contributed by atoms with van der Waals surface area (Å²) in [6, 6.07) is 8.35. The Hall–Kier alpha value is -3.14. The molecule has 1 aromatic heterocycles.